The molecule has 0 N–H and O–H groups in total. The van der Waals surface area contributed by atoms with Crippen molar-refractivity contribution in [2.75, 3.05) is 26.7 Å². The predicted molar refractivity (Wildman–Crippen MR) is 50.0 cm³/mol. The first-order valence-electron chi connectivity index (χ1n) is 4.61. The van der Waals surface area contributed by atoms with Gasteiger partial charge in [-0.3, -0.25) is 4.90 Å². The van der Waals surface area contributed by atoms with E-state index in [-0.39, 0.29) is 0 Å². The minimum absolute atomic E-state index is 0.475. The van der Waals surface area contributed by atoms with Gasteiger partial charge in [0.1, 0.15) is 13.5 Å². The van der Waals surface area contributed by atoms with Gasteiger partial charge in [-0.1, -0.05) is 0 Å². The Bertz CT molecular complexity index is 88.5. The summed E-state index contributed by atoms with van der Waals surface area (Å²) in [5.74, 6) is 0. The maximum absolute atomic E-state index is 5.30. The molecule has 0 heterocycles. The number of ether oxygens (including phenoxy) is 2. The normalized spacial score (nSPS) is 11.5. The van der Waals surface area contributed by atoms with Crippen molar-refractivity contribution < 1.29 is 9.47 Å². The number of hydrogen-bond donors (Lipinski definition) is 0. The molecule has 0 saturated carbocycles. The molecule has 0 rings (SSSR count). The third-order valence-electron chi connectivity index (χ3n) is 1.65. The quantitative estimate of drug-likeness (QED) is 0.549. The lowest BCUT2D eigenvalue weighted by molar-refractivity contribution is -0.0544. The fraction of sp³-hybridized carbons (Fsp3) is 1.00. The van der Waals surface area contributed by atoms with Crippen LogP contribution in [-0.4, -0.2) is 37.6 Å². The second-order valence-electron chi connectivity index (χ2n) is 2.93. The van der Waals surface area contributed by atoms with Gasteiger partial charge in [0.05, 0.1) is 0 Å². The molecule has 0 fully saturated rings. The summed E-state index contributed by atoms with van der Waals surface area (Å²) in [7, 11) is 0. The van der Waals surface area contributed by atoms with Crippen molar-refractivity contribution >= 4 is 0 Å². The Morgan fingerprint density at radius 1 is 1.00 bits per heavy atom. The first-order valence-corrected chi connectivity index (χ1v) is 4.61. The van der Waals surface area contributed by atoms with E-state index in [0.717, 1.165) is 13.2 Å². The summed E-state index contributed by atoms with van der Waals surface area (Å²) < 4.78 is 10.6. The van der Waals surface area contributed by atoms with Gasteiger partial charge in [0.15, 0.2) is 0 Å². The molecule has 0 radical (unpaired) electrons. The molecule has 0 aliphatic rings. The smallest absolute Gasteiger partial charge is 0.101 e. The molecule has 0 spiro atoms. The minimum atomic E-state index is 0.475. The Labute approximate surface area is 75.6 Å². The van der Waals surface area contributed by atoms with Crippen LogP contribution in [0.4, 0.5) is 0 Å². The first kappa shape index (κ1) is 11.9. The van der Waals surface area contributed by atoms with Crippen molar-refractivity contribution in [1.82, 2.24) is 4.90 Å². The standard InChI is InChI=1S/C9H21NO2/c1-5-11-7-10(9(3)4)8-12-6-2/h9H,5-8H2,1-4H3. The Hall–Kier alpha value is -0.120. The van der Waals surface area contributed by atoms with Gasteiger partial charge >= 0.3 is 0 Å². The molecule has 0 aromatic heterocycles. The lowest BCUT2D eigenvalue weighted by Crippen LogP contribution is -2.35. The van der Waals surface area contributed by atoms with E-state index in [0.29, 0.717) is 19.5 Å². The van der Waals surface area contributed by atoms with Gasteiger partial charge in [-0.15, -0.1) is 0 Å². The summed E-state index contributed by atoms with van der Waals surface area (Å²) >= 11 is 0. The zero-order valence-electron chi connectivity index (χ0n) is 8.67. The van der Waals surface area contributed by atoms with Crippen LogP contribution in [0.2, 0.25) is 0 Å². The number of rotatable bonds is 7. The second kappa shape index (κ2) is 7.53. The summed E-state index contributed by atoms with van der Waals surface area (Å²) in [5.41, 5.74) is 0. The Morgan fingerprint density at radius 3 is 1.67 bits per heavy atom. The third-order valence-corrected chi connectivity index (χ3v) is 1.65. The van der Waals surface area contributed by atoms with Crippen LogP contribution in [0.25, 0.3) is 0 Å². The van der Waals surface area contributed by atoms with Crippen LogP contribution in [0, 0.1) is 0 Å². The van der Waals surface area contributed by atoms with Crippen LogP contribution in [0.5, 0.6) is 0 Å². The third kappa shape index (κ3) is 5.52. The van der Waals surface area contributed by atoms with E-state index in [1.54, 1.807) is 0 Å². The zero-order chi connectivity index (χ0) is 9.40. The maximum atomic E-state index is 5.30. The van der Waals surface area contributed by atoms with Crippen LogP contribution in [0.15, 0.2) is 0 Å². The van der Waals surface area contributed by atoms with E-state index in [2.05, 4.69) is 18.7 Å². The summed E-state index contributed by atoms with van der Waals surface area (Å²) in [6, 6.07) is 0.475. The van der Waals surface area contributed by atoms with Crippen LogP contribution in [-0.2, 0) is 9.47 Å². The molecule has 0 aromatic carbocycles. The van der Waals surface area contributed by atoms with E-state index in [4.69, 9.17) is 9.47 Å². The van der Waals surface area contributed by atoms with Gasteiger partial charge in [0.2, 0.25) is 0 Å². The van der Waals surface area contributed by atoms with Crippen molar-refractivity contribution in [2.45, 2.75) is 33.7 Å². The highest BCUT2D eigenvalue weighted by Gasteiger charge is 2.07. The average molecular weight is 175 g/mol. The molecule has 0 bridgehead atoms. The van der Waals surface area contributed by atoms with E-state index in [1.165, 1.54) is 0 Å². The van der Waals surface area contributed by atoms with E-state index in [9.17, 15) is 0 Å². The molecule has 12 heavy (non-hydrogen) atoms. The van der Waals surface area contributed by atoms with Crippen LogP contribution in [0.3, 0.4) is 0 Å². The molecule has 0 unspecified atom stereocenters. The SMILES string of the molecule is CCOCN(COCC)C(C)C. The molecule has 0 aliphatic heterocycles. The van der Waals surface area contributed by atoms with Crippen molar-refractivity contribution in [2.24, 2.45) is 0 Å². The lowest BCUT2D eigenvalue weighted by atomic mass is 10.4. The maximum Gasteiger partial charge on any atom is 0.101 e. The highest BCUT2D eigenvalue weighted by atomic mass is 16.5. The van der Waals surface area contributed by atoms with E-state index < -0.39 is 0 Å². The highest BCUT2D eigenvalue weighted by Crippen LogP contribution is 1.98. The molecule has 0 aromatic rings. The van der Waals surface area contributed by atoms with Gasteiger partial charge in [0, 0.05) is 19.3 Å². The lowest BCUT2D eigenvalue weighted by Gasteiger charge is -2.25. The van der Waals surface area contributed by atoms with Crippen LogP contribution < -0.4 is 0 Å². The highest BCUT2D eigenvalue weighted by molar-refractivity contribution is 4.53. The Kier molecular flexibility index (Phi) is 7.45. The molecule has 0 aliphatic carbocycles. The van der Waals surface area contributed by atoms with E-state index >= 15 is 0 Å². The Balaban J connectivity index is 3.55. The van der Waals surface area contributed by atoms with Crippen LogP contribution in [0.1, 0.15) is 27.7 Å². The molecular weight excluding hydrogens is 154 g/mol. The molecule has 3 nitrogen and oxygen atoms in total. The largest absolute Gasteiger partial charge is 0.366 e. The molecule has 0 amide bonds. The zero-order valence-corrected chi connectivity index (χ0v) is 8.67. The Morgan fingerprint density at radius 2 is 1.42 bits per heavy atom. The minimum Gasteiger partial charge on any atom is -0.366 e. The molecule has 3 heteroatoms. The van der Waals surface area contributed by atoms with Gasteiger partial charge < -0.3 is 9.47 Å². The van der Waals surface area contributed by atoms with Gasteiger partial charge in [-0.25, -0.2) is 0 Å². The van der Waals surface area contributed by atoms with Gasteiger partial charge in [-0.2, -0.15) is 0 Å². The van der Waals surface area contributed by atoms with Gasteiger partial charge in [0.25, 0.3) is 0 Å². The first-order chi connectivity index (χ1) is 5.72. The van der Waals surface area contributed by atoms with Crippen LogP contribution >= 0.6 is 0 Å². The fourth-order valence-corrected chi connectivity index (χ4v) is 0.752. The number of hydrogen-bond acceptors (Lipinski definition) is 3. The average Bonchev–Trinajstić information content (AvgIpc) is 2.04. The van der Waals surface area contributed by atoms with E-state index in [1.807, 2.05) is 13.8 Å². The van der Waals surface area contributed by atoms with Crippen molar-refractivity contribution in [3.63, 3.8) is 0 Å². The van der Waals surface area contributed by atoms with Gasteiger partial charge in [-0.05, 0) is 27.7 Å². The summed E-state index contributed by atoms with van der Waals surface area (Å²) in [6.07, 6.45) is 0. The molecule has 0 saturated heterocycles. The predicted octanol–water partition coefficient (Wildman–Crippen LogP) is 1.68. The molecule has 0 atom stereocenters. The summed E-state index contributed by atoms with van der Waals surface area (Å²) in [4.78, 5) is 2.15. The topological polar surface area (TPSA) is 21.7 Å². The summed E-state index contributed by atoms with van der Waals surface area (Å²) in [6.45, 7) is 11.1. The number of nitrogens with zero attached hydrogens (tertiary/aromatic N) is 1. The van der Waals surface area contributed by atoms with Crippen molar-refractivity contribution in [3.05, 3.63) is 0 Å². The second-order valence-corrected chi connectivity index (χ2v) is 2.93. The fourth-order valence-electron chi connectivity index (χ4n) is 0.752. The monoisotopic (exact) mass is 175 g/mol. The molecular formula is C9H21NO2. The summed E-state index contributed by atoms with van der Waals surface area (Å²) in [5, 5.41) is 0. The molecule has 74 valence electrons. The van der Waals surface area contributed by atoms with Crippen molar-refractivity contribution in [1.29, 1.82) is 0 Å². The van der Waals surface area contributed by atoms with Crippen molar-refractivity contribution in [3.8, 4) is 0 Å².